The lowest BCUT2D eigenvalue weighted by Gasteiger charge is -2.35. The van der Waals surface area contributed by atoms with Crippen molar-refractivity contribution in [3.05, 3.63) is 0 Å². The first-order valence-corrected chi connectivity index (χ1v) is 5.69. The molecule has 0 aromatic heterocycles. The summed E-state index contributed by atoms with van der Waals surface area (Å²) in [6.07, 6.45) is 6.05. The number of nitrogens with zero attached hydrogens (tertiary/aromatic N) is 1. The Morgan fingerprint density at radius 1 is 1.15 bits per heavy atom. The van der Waals surface area contributed by atoms with Gasteiger partial charge in [0, 0.05) is 12.6 Å². The first-order chi connectivity index (χ1) is 6.27. The molecule has 1 saturated carbocycles. The standard InChI is InChI=1S/C11H21NO/c1-9-6-7-12(8-9)10-4-2-3-5-11(10)13/h9-11,13H,2-8H2,1H3/t9-,10?,11-/m0/s1. The van der Waals surface area contributed by atoms with Gasteiger partial charge in [-0.2, -0.15) is 0 Å². The van der Waals surface area contributed by atoms with Crippen LogP contribution in [-0.2, 0) is 0 Å². The topological polar surface area (TPSA) is 23.5 Å². The van der Waals surface area contributed by atoms with Gasteiger partial charge in [-0.1, -0.05) is 19.8 Å². The Morgan fingerprint density at radius 2 is 1.92 bits per heavy atom. The van der Waals surface area contributed by atoms with Gasteiger partial charge in [0.25, 0.3) is 0 Å². The molecular weight excluding hydrogens is 162 g/mol. The quantitative estimate of drug-likeness (QED) is 0.668. The number of likely N-dealkylation sites (tertiary alicyclic amines) is 1. The third-order valence-corrected chi connectivity index (χ3v) is 3.62. The molecule has 0 aromatic carbocycles. The number of rotatable bonds is 1. The fraction of sp³-hybridized carbons (Fsp3) is 1.00. The van der Waals surface area contributed by atoms with Crippen LogP contribution in [0.25, 0.3) is 0 Å². The van der Waals surface area contributed by atoms with E-state index in [1.165, 1.54) is 38.8 Å². The summed E-state index contributed by atoms with van der Waals surface area (Å²) in [5.74, 6) is 0.842. The highest BCUT2D eigenvalue weighted by Crippen LogP contribution is 2.27. The summed E-state index contributed by atoms with van der Waals surface area (Å²) >= 11 is 0. The van der Waals surface area contributed by atoms with Crippen molar-refractivity contribution < 1.29 is 5.11 Å². The lowest BCUT2D eigenvalue weighted by Crippen LogP contribution is -2.44. The van der Waals surface area contributed by atoms with E-state index in [0.29, 0.717) is 6.04 Å². The summed E-state index contributed by atoms with van der Waals surface area (Å²) < 4.78 is 0. The molecular formula is C11H21NO. The van der Waals surface area contributed by atoms with Gasteiger partial charge in [-0.25, -0.2) is 0 Å². The molecule has 2 fully saturated rings. The predicted octanol–water partition coefficient (Wildman–Crippen LogP) is 1.63. The van der Waals surface area contributed by atoms with Crippen molar-refractivity contribution in [3.8, 4) is 0 Å². The monoisotopic (exact) mass is 183 g/mol. The third-order valence-electron chi connectivity index (χ3n) is 3.62. The first-order valence-electron chi connectivity index (χ1n) is 5.69. The zero-order valence-corrected chi connectivity index (χ0v) is 8.58. The van der Waals surface area contributed by atoms with Gasteiger partial charge in [0.2, 0.25) is 0 Å². The molecule has 1 heterocycles. The normalized spacial score (nSPS) is 42.5. The van der Waals surface area contributed by atoms with E-state index >= 15 is 0 Å². The molecule has 0 spiro atoms. The highest BCUT2D eigenvalue weighted by Gasteiger charge is 2.32. The van der Waals surface area contributed by atoms with Crippen molar-refractivity contribution >= 4 is 0 Å². The van der Waals surface area contributed by atoms with Crippen LogP contribution in [0, 0.1) is 5.92 Å². The van der Waals surface area contributed by atoms with Crippen molar-refractivity contribution in [2.45, 2.75) is 51.2 Å². The van der Waals surface area contributed by atoms with Crippen LogP contribution in [0.1, 0.15) is 39.0 Å². The molecule has 1 aliphatic heterocycles. The number of aliphatic hydroxyl groups is 1. The van der Waals surface area contributed by atoms with Crippen molar-refractivity contribution in [3.63, 3.8) is 0 Å². The molecule has 76 valence electrons. The van der Waals surface area contributed by atoms with Crippen molar-refractivity contribution in [1.29, 1.82) is 0 Å². The molecule has 0 bridgehead atoms. The summed E-state index contributed by atoms with van der Waals surface area (Å²) in [7, 11) is 0. The number of aliphatic hydroxyl groups excluding tert-OH is 1. The minimum absolute atomic E-state index is 0.0425. The molecule has 2 heteroatoms. The van der Waals surface area contributed by atoms with Crippen molar-refractivity contribution in [2.75, 3.05) is 13.1 Å². The Kier molecular flexibility index (Phi) is 2.89. The van der Waals surface area contributed by atoms with E-state index in [4.69, 9.17) is 0 Å². The second-order valence-corrected chi connectivity index (χ2v) is 4.81. The van der Waals surface area contributed by atoms with Gasteiger partial charge in [0.15, 0.2) is 0 Å². The Morgan fingerprint density at radius 3 is 2.54 bits per heavy atom. The van der Waals surface area contributed by atoms with Crippen LogP contribution in [0.15, 0.2) is 0 Å². The Bertz CT molecular complexity index is 171. The van der Waals surface area contributed by atoms with E-state index in [9.17, 15) is 5.11 Å². The van der Waals surface area contributed by atoms with E-state index in [1.807, 2.05) is 0 Å². The molecule has 2 rings (SSSR count). The molecule has 13 heavy (non-hydrogen) atoms. The van der Waals surface area contributed by atoms with Gasteiger partial charge in [0.05, 0.1) is 6.10 Å². The van der Waals surface area contributed by atoms with Crippen molar-refractivity contribution in [2.24, 2.45) is 5.92 Å². The van der Waals surface area contributed by atoms with Gasteiger partial charge < -0.3 is 5.11 Å². The molecule has 1 saturated heterocycles. The first kappa shape index (κ1) is 9.47. The molecule has 2 aliphatic rings. The minimum atomic E-state index is -0.0425. The van der Waals surface area contributed by atoms with E-state index in [1.54, 1.807) is 0 Å². The smallest absolute Gasteiger partial charge is 0.0695 e. The molecule has 0 aromatic rings. The Hall–Kier alpha value is -0.0800. The highest BCUT2D eigenvalue weighted by molar-refractivity contribution is 4.86. The lowest BCUT2D eigenvalue weighted by molar-refractivity contribution is 0.0297. The van der Waals surface area contributed by atoms with Crippen LogP contribution < -0.4 is 0 Å². The molecule has 1 aliphatic carbocycles. The van der Waals surface area contributed by atoms with Crippen LogP contribution in [-0.4, -0.2) is 35.2 Å². The Labute approximate surface area is 80.9 Å². The van der Waals surface area contributed by atoms with Crippen LogP contribution in [0.3, 0.4) is 0 Å². The molecule has 3 atom stereocenters. The highest BCUT2D eigenvalue weighted by atomic mass is 16.3. The zero-order chi connectivity index (χ0) is 9.26. The molecule has 1 N–H and O–H groups in total. The van der Waals surface area contributed by atoms with Gasteiger partial charge in [-0.15, -0.1) is 0 Å². The zero-order valence-electron chi connectivity index (χ0n) is 8.58. The summed E-state index contributed by atoms with van der Waals surface area (Å²) in [6.45, 7) is 4.74. The maximum atomic E-state index is 9.87. The van der Waals surface area contributed by atoms with Gasteiger partial charge >= 0.3 is 0 Å². The molecule has 2 nitrogen and oxygen atoms in total. The summed E-state index contributed by atoms with van der Waals surface area (Å²) in [5.41, 5.74) is 0. The van der Waals surface area contributed by atoms with E-state index in [0.717, 1.165) is 12.3 Å². The van der Waals surface area contributed by atoms with Gasteiger partial charge in [-0.3, -0.25) is 4.90 Å². The van der Waals surface area contributed by atoms with Crippen LogP contribution >= 0.6 is 0 Å². The summed E-state index contributed by atoms with van der Waals surface area (Å²) in [5, 5.41) is 9.87. The minimum Gasteiger partial charge on any atom is -0.391 e. The average Bonchev–Trinajstić information content (AvgIpc) is 2.53. The van der Waals surface area contributed by atoms with E-state index in [-0.39, 0.29) is 6.10 Å². The second-order valence-electron chi connectivity index (χ2n) is 4.81. The van der Waals surface area contributed by atoms with E-state index < -0.39 is 0 Å². The average molecular weight is 183 g/mol. The van der Waals surface area contributed by atoms with E-state index in [2.05, 4.69) is 11.8 Å². The summed E-state index contributed by atoms with van der Waals surface area (Å²) in [6, 6.07) is 0.485. The number of hydrogen-bond acceptors (Lipinski definition) is 2. The van der Waals surface area contributed by atoms with Crippen LogP contribution in [0.5, 0.6) is 0 Å². The fourth-order valence-corrected chi connectivity index (χ4v) is 2.79. The maximum absolute atomic E-state index is 9.87. The maximum Gasteiger partial charge on any atom is 0.0695 e. The van der Waals surface area contributed by atoms with Gasteiger partial charge in [-0.05, 0) is 31.7 Å². The second kappa shape index (κ2) is 3.97. The fourth-order valence-electron chi connectivity index (χ4n) is 2.79. The molecule has 0 amide bonds. The van der Waals surface area contributed by atoms with Crippen LogP contribution in [0.2, 0.25) is 0 Å². The lowest BCUT2D eigenvalue weighted by atomic mass is 9.91. The summed E-state index contributed by atoms with van der Waals surface area (Å²) in [4.78, 5) is 2.51. The molecule has 0 radical (unpaired) electrons. The SMILES string of the molecule is C[C@H]1CCN(C2CCCC[C@@H]2O)C1. The molecule has 1 unspecified atom stereocenters. The van der Waals surface area contributed by atoms with Gasteiger partial charge in [0.1, 0.15) is 0 Å². The third kappa shape index (κ3) is 2.05. The number of hydrogen-bond donors (Lipinski definition) is 1. The van der Waals surface area contributed by atoms with Crippen molar-refractivity contribution in [1.82, 2.24) is 4.90 Å². The van der Waals surface area contributed by atoms with Crippen LogP contribution in [0.4, 0.5) is 0 Å². The Balaban J connectivity index is 1.91. The predicted molar refractivity (Wildman–Crippen MR) is 53.6 cm³/mol. The largest absolute Gasteiger partial charge is 0.391 e.